The minimum Gasteiger partial charge on any atom is -0.481 e. The number of carboxylic acid groups (broad SMARTS) is 1. The predicted octanol–water partition coefficient (Wildman–Crippen LogP) is 1.04. The van der Waals surface area contributed by atoms with Crippen molar-refractivity contribution in [2.75, 3.05) is 0 Å². The van der Waals surface area contributed by atoms with Crippen molar-refractivity contribution in [3.8, 4) is 11.4 Å². The number of H-pyrrole nitrogens is 1. The summed E-state index contributed by atoms with van der Waals surface area (Å²) in [5, 5.41) is 12.8. The largest absolute Gasteiger partial charge is 0.481 e. The van der Waals surface area contributed by atoms with Crippen molar-refractivity contribution < 1.29 is 9.90 Å². The number of carbonyl (C=O) groups is 1. The van der Waals surface area contributed by atoms with Crippen LogP contribution in [0, 0.1) is 0 Å². The normalized spacial score (nSPS) is 10.5. The van der Waals surface area contributed by atoms with Crippen molar-refractivity contribution in [3.05, 3.63) is 30.1 Å². The average Bonchev–Trinajstić information content (AvgIpc) is 2.72. The summed E-state index contributed by atoms with van der Waals surface area (Å²) in [5.74, 6) is -0.869. The molecule has 78 valence electrons. The molecule has 0 unspecified atom stereocenters. The Morgan fingerprint density at radius 1 is 1.67 bits per heavy atom. The Balaban J connectivity index is 2.34. The van der Waals surface area contributed by atoms with Gasteiger partial charge in [0.2, 0.25) is 0 Å². The van der Waals surface area contributed by atoms with E-state index in [1.165, 1.54) is 0 Å². The number of hydrogen-bond acceptors (Lipinski definition) is 2. The van der Waals surface area contributed by atoms with Crippen LogP contribution in [0.2, 0.25) is 0 Å². The highest BCUT2D eigenvalue weighted by Gasteiger charge is 2.10. The summed E-state index contributed by atoms with van der Waals surface area (Å²) in [6, 6.07) is 5.58. The van der Waals surface area contributed by atoms with E-state index in [4.69, 9.17) is 5.11 Å². The predicted molar refractivity (Wildman–Crippen MR) is 54.3 cm³/mol. The molecule has 2 N–H and O–H groups in total. The number of hydrogen-bond donors (Lipinski definition) is 2. The molecule has 0 spiro atoms. The molecule has 0 bridgehead atoms. The quantitative estimate of drug-likeness (QED) is 0.786. The molecule has 2 aromatic rings. The smallest absolute Gasteiger partial charge is 0.309 e. The summed E-state index contributed by atoms with van der Waals surface area (Å²) < 4.78 is 1.67. The minimum atomic E-state index is -0.869. The molecule has 2 aromatic heterocycles. The molecule has 2 rings (SSSR count). The van der Waals surface area contributed by atoms with Crippen LogP contribution in [-0.2, 0) is 18.3 Å². The first-order valence-corrected chi connectivity index (χ1v) is 4.55. The Bertz CT molecular complexity index is 471. The molecular weight excluding hydrogens is 194 g/mol. The average molecular weight is 205 g/mol. The third-order valence-electron chi connectivity index (χ3n) is 2.14. The zero-order chi connectivity index (χ0) is 10.8. The molecule has 0 saturated heterocycles. The summed E-state index contributed by atoms with van der Waals surface area (Å²) >= 11 is 0. The molecule has 2 heterocycles. The van der Waals surface area contributed by atoms with Gasteiger partial charge in [0.1, 0.15) is 0 Å². The number of aryl methyl sites for hydroxylation is 1. The summed E-state index contributed by atoms with van der Waals surface area (Å²) in [6.07, 6.45) is 1.77. The van der Waals surface area contributed by atoms with Gasteiger partial charge in [0.15, 0.2) is 0 Å². The van der Waals surface area contributed by atoms with E-state index in [0.29, 0.717) is 5.69 Å². The Hall–Kier alpha value is -2.04. The zero-order valence-corrected chi connectivity index (χ0v) is 8.27. The van der Waals surface area contributed by atoms with Crippen molar-refractivity contribution in [2.24, 2.45) is 7.05 Å². The van der Waals surface area contributed by atoms with Crippen molar-refractivity contribution in [1.29, 1.82) is 0 Å². The van der Waals surface area contributed by atoms with Crippen LogP contribution in [0.5, 0.6) is 0 Å². The van der Waals surface area contributed by atoms with Crippen molar-refractivity contribution in [1.82, 2.24) is 14.8 Å². The van der Waals surface area contributed by atoms with Crippen molar-refractivity contribution in [2.45, 2.75) is 6.42 Å². The van der Waals surface area contributed by atoms with Gasteiger partial charge in [-0.3, -0.25) is 9.48 Å². The molecule has 0 saturated carbocycles. The first kappa shape index (κ1) is 9.51. The van der Waals surface area contributed by atoms with Crippen molar-refractivity contribution in [3.63, 3.8) is 0 Å². The third kappa shape index (κ3) is 1.90. The first-order chi connectivity index (χ1) is 7.16. The van der Waals surface area contributed by atoms with Crippen LogP contribution in [0.1, 0.15) is 5.69 Å². The van der Waals surface area contributed by atoms with Crippen LogP contribution in [0.25, 0.3) is 11.4 Å². The lowest BCUT2D eigenvalue weighted by molar-refractivity contribution is -0.136. The molecule has 0 amide bonds. The zero-order valence-electron chi connectivity index (χ0n) is 8.27. The first-order valence-electron chi connectivity index (χ1n) is 4.55. The summed E-state index contributed by atoms with van der Waals surface area (Å²) in [7, 11) is 1.79. The summed E-state index contributed by atoms with van der Waals surface area (Å²) in [4.78, 5) is 13.6. The third-order valence-corrected chi connectivity index (χ3v) is 2.14. The second-order valence-corrected chi connectivity index (χ2v) is 3.30. The Morgan fingerprint density at radius 3 is 3.07 bits per heavy atom. The van der Waals surface area contributed by atoms with E-state index in [0.717, 1.165) is 11.4 Å². The molecule has 15 heavy (non-hydrogen) atoms. The number of nitrogens with zero attached hydrogens (tertiary/aromatic N) is 2. The van der Waals surface area contributed by atoms with Gasteiger partial charge in [-0.25, -0.2) is 0 Å². The number of carboxylic acids is 1. The second-order valence-electron chi connectivity index (χ2n) is 3.30. The van der Waals surface area contributed by atoms with Crippen LogP contribution in [0.15, 0.2) is 24.4 Å². The maximum atomic E-state index is 10.5. The highest BCUT2D eigenvalue weighted by molar-refractivity contribution is 5.70. The molecule has 5 nitrogen and oxygen atoms in total. The number of aromatic amines is 1. The van der Waals surface area contributed by atoms with E-state index in [-0.39, 0.29) is 6.42 Å². The monoisotopic (exact) mass is 205 g/mol. The molecular formula is C10H11N3O2. The number of nitrogens with one attached hydrogen (secondary N) is 1. The molecule has 0 aliphatic carbocycles. The lowest BCUT2D eigenvalue weighted by Crippen LogP contribution is -2.01. The summed E-state index contributed by atoms with van der Waals surface area (Å²) in [6.45, 7) is 0. The maximum absolute atomic E-state index is 10.5. The van der Waals surface area contributed by atoms with Crippen LogP contribution in [0.3, 0.4) is 0 Å². The highest BCUT2D eigenvalue weighted by atomic mass is 16.4. The van der Waals surface area contributed by atoms with E-state index in [2.05, 4.69) is 10.1 Å². The molecule has 0 aromatic carbocycles. The van der Waals surface area contributed by atoms with Gasteiger partial charge in [0, 0.05) is 13.2 Å². The van der Waals surface area contributed by atoms with Gasteiger partial charge in [-0.2, -0.15) is 5.10 Å². The van der Waals surface area contributed by atoms with E-state index < -0.39 is 5.97 Å². The van der Waals surface area contributed by atoms with E-state index >= 15 is 0 Å². The second kappa shape index (κ2) is 3.61. The fraction of sp³-hybridized carbons (Fsp3) is 0.200. The van der Waals surface area contributed by atoms with Gasteiger partial charge in [0.25, 0.3) is 0 Å². The number of rotatable bonds is 3. The Morgan fingerprint density at radius 2 is 2.47 bits per heavy atom. The van der Waals surface area contributed by atoms with Gasteiger partial charge in [-0.05, 0) is 18.2 Å². The lowest BCUT2D eigenvalue weighted by atomic mass is 10.2. The van der Waals surface area contributed by atoms with E-state index in [1.54, 1.807) is 17.8 Å². The van der Waals surface area contributed by atoms with Crippen LogP contribution < -0.4 is 0 Å². The van der Waals surface area contributed by atoms with Crippen molar-refractivity contribution >= 4 is 5.97 Å². The molecule has 0 atom stereocenters. The minimum absolute atomic E-state index is 0.0471. The molecule has 0 fully saturated rings. The van der Waals surface area contributed by atoms with Crippen LogP contribution >= 0.6 is 0 Å². The van der Waals surface area contributed by atoms with Gasteiger partial charge in [-0.1, -0.05) is 0 Å². The maximum Gasteiger partial charge on any atom is 0.309 e. The topological polar surface area (TPSA) is 70.9 Å². The van der Waals surface area contributed by atoms with Gasteiger partial charge < -0.3 is 10.1 Å². The highest BCUT2D eigenvalue weighted by Crippen LogP contribution is 2.17. The Kier molecular flexibility index (Phi) is 2.29. The fourth-order valence-corrected chi connectivity index (χ4v) is 1.51. The van der Waals surface area contributed by atoms with E-state index in [9.17, 15) is 4.79 Å². The fourth-order valence-electron chi connectivity index (χ4n) is 1.51. The number of aromatic nitrogens is 3. The van der Waals surface area contributed by atoms with Crippen LogP contribution in [-0.4, -0.2) is 25.8 Å². The summed E-state index contributed by atoms with van der Waals surface area (Å²) in [5.41, 5.74) is 2.38. The molecule has 0 aliphatic rings. The van der Waals surface area contributed by atoms with E-state index in [1.807, 2.05) is 18.3 Å². The van der Waals surface area contributed by atoms with Gasteiger partial charge in [0.05, 0.1) is 23.5 Å². The molecule has 0 radical (unpaired) electrons. The standard InChI is InChI=1S/C10H11N3O2/c1-13-9(8-3-2-4-11-8)5-7(12-13)6-10(14)15/h2-5,11H,6H2,1H3,(H,14,15). The van der Waals surface area contributed by atoms with Gasteiger partial charge >= 0.3 is 5.97 Å². The molecule has 5 heteroatoms. The van der Waals surface area contributed by atoms with Gasteiger partial charge in [-0.15, -0.1) is 0 Å². The lowest BCUT2D eigenvalue weighted by Gasteiger charge is -1.96. The SMILES string of the molecule is Cn1nc(CC(=O)O)cc1-c1ccc[nH]1. The molecule has 0 aliphatic heterocycles. The number of aliphatic carboxylic acids is 1. The Labute approximate surface area is 86.4 Å². The van der Waals surface area contributed by atoms with Crippen LogP contribution in [0.4, 0.5) is 0 Å².